The van der Waals surface area contributed by atoms with E-state index in [0.29, 0.717) is 12.4 Å². The van der Waals surface area contributed by atoms with Crippen LogP contribution in [0.3, 0.4) is 0 Å². The third-order valence-electron chi connectivity index (χ3n) is 5.83. The fourth-order valence-electron chi connectivity index (χ4n) is 4.07. The average Bonchev–Trinajstić information content (AvgIpc) is 3.44. The van der Waals surface area contributed by atoms with Gasteiger partial charge in [0.2, 0.25) is 11.8 Å². The Kier molecular flexibility index (Phi) is 5.26. The van der Waals surface area contributed by atoms with E-state index in [1.54, 1.807) is 6.92 Å². The summed E-state index contributed by atoms with van der Waals surface area (Å²) in [5, 5.41) is 1.11. The Bertz CT molecular complexity index is 1150. The SMILES string of the molecule is CC(=O)N1CCN(Cc2cc3cc(Oc4ccc(C5=CC=NC5)cn4)ccc3[nH]2)CC1. The first kappa shape index (κ1) is 19.5. The molecule has 0 atom stereocenters. The van der Waals surface area contributed by atoms with E-state index >= 15 is 0 Å². The minimum Gasteiger partial charge on any atom is -0.439 e. The Morgan fingerprint density at radius 3 is 2.71 bits per heavy atom. The van der Waals surface area contributed by atoms with Gasteiger partial charge in [0.15, 0.2) is 0 Å². The lowest BCUT2D eigenvalue weighted by Gasteiger charge is -2.33. The number of piperazine rings is 1. The fraction of sp³-hybridized carbons (Fsp3) is 0.292. The van der Waals surface area contributed by atoms with Crippen molar-refractivity contribution in [3.63, 3.8) is 0 Å². The van der Waals surface area contributed by atoms with Gasteiger partial charge in [0.25, 0.3) is 0 Å². The molecule has 7 heteroatoms. The van der Waals surface area contributed by atoms with E-state index in [4.69, 9.17) is 4.74 Å². The fourth-order valence-corrected chi connectivity index (χ4v) is 4.07. The van der Waals surface area contributed by atoms with Gasteiger partial charge in [-0.25, -0.2) is 4.98 Å². The highest BCUT2D eigenvalue weighted by molar-refractivity contribution is 5.89. The monoisotopic (exact) mass is 415 g/mol. The first-order valence-electron chi connectivity index (χ1n) is 10.6. The lowest BCUT2D eigenvalue weighted by molar-refractivity contribution is -0.130. The highest BCUT2D eigenvalue weighted by atomic mass is 16.5. The molecule has 1 aromatic carbocycles. The number of pyridine rings is 1. The maximum absolute atomic E-state index is 11.5. The molecule has 2 aliphatic rings. The first-order valence-corrected chi connectivity index (χ1v) is 10.6. The number of carbonyl (C=O) groups is 1. The number of H-pyrrole nitrogens is 1. The van der Waals surface area contributed by atoms with Crippen LogP contribution >= 0.6 is 0 Å². The largest absolute Gasteiger partial charge is 0.439 e. The molecule has 1 fully saturated rings. The van der Waals surface area contributed by atoms with E-state index in [0.717, 1.165) is 60.6 Å². The van der Waals surface area contributed by atoms with E-state index in [2.05, 4.69) is 25.9 Å². The second-order valence-electron chi connectivity index (χ2n) is 7.99. The second-order valence-corrected chi connectivity index (χ2v) is 7.99. The number of aromatic amines is 1. The molecule has 7 nitrogen and oxygen atoms in total. The number of amides is 1. The van der Waals surface area contributed by atoms with Crippen LogP contribution in [0.5, 0.6) is 11.6 Å². The van der Waals surface area contributed by atoms with E-state index in [1.165, 1.54) is 5.57 Å². The maximum atomic E-state index is 11.5. The molecule has 5 rings (SSSR count). The third-order valence-corrected chi connectivity index (χ3v) is 5.83. The first-order chi connectivity index (χ1) is 15.1. The van der Waals surface area contributed by atoms with Crippen molar-refractivity contribution in [1.82, 2.24) is 19.8 Å². The number of hydrogen-bond acceptors (Lipinski definition) is 5. The van der Waals surface area contributed by atoms with Gasteiger partial charge in [-0.05, 0) is 47.5 Å². The predicted molar refractivity (Wildman–Crippen MR) is 121 cm³/mol. The molecule has 0 saturated carbocycles. The summed E-state index contributed by atoms with van der Waals surface area (Å²) in [5.41, 5.74) is 4.49. The van der Waals surface area contributed by atoms with Crippen LogP contribution in [0.25, 0.3) is 16.5 Å². The van der Waals surface area contributed by atoms with Crippen LogP contribution in [0, 0.1) is 0 Å². The van der Waals surface area contributed by atoms with Crippen LogP contribution in [0.15, 0.2) is 53.7 Å². The van der Waals surface area contributed by atoms with Gasteiger partial charge in [-0.2, -0.15) is 0 Å². The highest BCUT2D eigenvalue weighted by Crippen LogP contribution is 2.27. The number of aromatic nitrogens is 2. The molecule has 1 N–H and O–H groups in total. The Morgan fingerprint density at radius 1 is 1.13 bits per heavy atom. The topological polar surface area (TPSA) is 73.8 Å². The summed E-state index contributed by atoms with van der Waals surface area (Å²) in [6, 6.07) is 12.1. The Morgan fingerprint density at radius 2 is 2.00 bits per heavy atom. The summed E-state index contributed by atoms with van der Waals surface area (Å²) in [6.07, 6.45) is 5.67. The predicted octanol–water partition coefficient (Wildman–Crippen LogP) is 3.49. The van der Waals surface area contributed by atoms with E-state index in [-0.39, 0.29) is 5.91 Å². The van der Waals surface area contributed by atoms with Crippen LogP contribution < -0.4 is 4.74 Å². The van der Waals surface area contributed by atoms with Gasteiger partial charge in [0.05, 0.1) is 6.54 Å². The van der Waals surface area contributed by atoms with Gasteiger partial charge >= 0.3 is 0 Å². The maximum Gasteiger partial charge on any atom is 0.219 e. The zero-order chi connectivity index (χ0) is 21.2. The number of rotatable bonds is 5. The van der Waals surface area contributed by atoms with Crippen LogP contribution in [0.1, 0.15) is 18.2 Å². The van der Waals surface area contributed by atoms with Gasteiger partial charge in [-0.15, -0.1) is 0 Å². The van der Waals surface area contributed by atoms with Crippen LogP contribution in [0.4, 0.5) is 0 Å². The zero-order valence-corrected chi connectivity index (χ0v) is 17.5. The highest BCUT2D eigenvalue weighted by Gasteiger charge is 2.19. The number of ether oxygens (including phenoxy) is 1. The molecule has 0 unspecified atom stereocenters. The second kappa shape index (κ2) is 8.35. The standard InChI is InChI=1S/C24H25N5O2/c1-17(30)29-10-8-28(9-11-29)16-21-12-20-13-22(3-4-23(20)27-21)31-24-5-2-18(15-26-24)19-6-7-25-14-19/h2-7,12-13,15,27H,8-11,14,16H2,1H3. The van der Waals surface area contributed by atoms with Crippen molar-refractivity contribution in [2.45, 2.75) is 13.5 Å². The summed E-state index contributed by atoms with van der Waals surface area (Å²) >= 11 is 0. The Hall–Kier alpha value is -3.45. The van der Waals surface area contributed by atoms with Gasteiger partial charge in [0.1, 0.15) is 5.75 Å². The van der Waals surface area contributed by atoms with Crippen molar-refractivity contribution in [2.75, 3.05) is 32.7 Å². The molecule has 0 aliphatic carbocycles. The number of allylic oxidation sites excluding steroid dienone is 1. The number of nitrogens with zero attached hydrogens (tertiary/aromatic N) is 4. The molecular formula is C24H25N5O2. The minimum absolute atomic E-state index is 0.159. The molecule has 31 heavy (non-hydrogen) atoms. The lowest BCUT2D eigenvalue weighted by Crippen LogP contribution is -2.47. The third kappa shape index (κ3) is 4.36. The van der Waals surface area contributed by atoms with Crippen molar-refractivity contribution in [3.8, 4) is 11.6 Å². The number of carbonyl (C=O) groups excluding carboxylic acids is 1. The number of hydrogen-bond donors (Lipinski definition) is 1. The zero-order valence-electron chi connectivity index (χ0n) is 17.5. The normalized spacial score (nSPS) is 16.7. The molecular weight excluding hydrogens is 390 g/mol. The summed E-state index contributed by atoms with van der Waals surface area (Å²) in [6.45, 7) is 6.58. The van der Waals surface area contributed by atoms with Gasteiger partial charge in [0, 0.05) is 74.7 Å². The molecule has 2 aliphatic heterocycles. The van der Waals surface area contributed by atoms with Crippen LogP contribution in [0.2, 0.25) is 0 Å². The van der Waals surface area contributed by atoms with E-state index in [9.17, 15) is 4.79 Å². The van der Waals surface area contributed by atoms with Crippen molar-refractivity contribution < 1.29 is 9.53 Å². The lowest BCUT2D eigenvalue weighted by atomic mass is 10.1. The van der Waals surface area contributed by atoms with Crippen LogP contribution in [-0.2, 0) is 11.3 Å². The van der Waals surface area contributed by atoms with Gasteiger partial charge in [-0.1, -0.05) is 0 Å². The summed E-state index contributed by atoms with van der Waals surface area (Å²) in [4.78, 5) is 27.9. The number of nitrogens with one attached hydrogen (secondary N) is 1. The molecule has 1 saturated heterocycles. The molecule has 2 aromatic heterocycles. The molecule has 0 bridgehead atoms. The summed E-state index contributed by atoms with van der Waals surface area (Å²) in [7, 11) is 0. The molecule has 4 heterocycles. The quantitative estimate of drug-likeness (QED) is 0.692. The molecule has 0 spiro atoms. The summed E-state index contributed by atoms with van der Waals surface area (Å²) < 4.78 is 5.97. The number of aliphatic imine (C=N–C) groups is 1. The van der Waals surface area contributed by atoms with Gasteiger partial charge < -0.3 is 14.6 Å². The molecule has 1 amide bonds. The van der Waals surface area contributed by atoms with E-state index in [1.807, 2.05) is 53.7 Å². The average molecular weight is 415 g/mol. The molecule has 158 valence electrons. The smallest absolute Gasteiger partial charge is 0.219 e. The number of benzene rings is 1. The molecule has 3 aromatic rings. The summed E-state index contributed by atoms with van der Waals surface area (Å²) in [5.74, 6) is 1.49. The minimum atomic E-state index is 0.159. The van der Waals surface area contributed by atoms with Crippen molar-refractivity contribution >= 4 is 28.6 Å². The Labute approximate surface area is 181 Å². The van der Waals surface area contributed by atoms with Crippen molar-refractivity contribution in [1.29, 1.82) is 0 Å². The van der Waals surface area contributed by atoms with E-state index < -0.39 is 0 Å². The van der Waals surface area contributed by atoms with Crippen molar-refractivity contribution in [2.24, 2.45) is 4.99 Å². The van der Waals surface area contributed by atoms with Crippen LogP contribution in [-0.4, -0.2) is 64.6 Å². The number of fused-ring (bicyclic) bond motifs is 1. The van der Waals surface area contributed by atoms with Gasteiger partial charge in [-0.3, -0.25) is 14.7 Å². The Balaban J connectivity index is 1.24. The van der Waals surface area contributed by atoms with Crippen molar-refractivity contribution in [3.05, 3.63) is 59.9 Å². The molecule has 0 radical (unpaired) electrons.